The van der Waals surface area contributed by atoms with E-state index in [1.807, 2.05) is 13.0 Å². The first-order valence-corrected chi connectivity index (χ1v) is 10.2. The van der Waals surface area contributed by atoms with E-state index in [9.17, 15) is 18.6 Å². The van der Waals surface area contributed by atoms with Crippen molar-refractivity contribution in [1.82, 2.24) is 0 Å². The van der Waals surface area contributed by atoms with Gasteiger partial charge in [-0.1, -0.05) is 13.0 Å². The maximum absolute atomic E-state index is 11.2. The molecule has 0 radical (unpaired) electrons. The van der Waals surface area contributed by atoms with E-state index in [0.717, 1.165) is 24.8 Å². The number of phenolic OH excluding ortho intramolecular Hbond substituents is 1. The standard InChI is InChI=1S/C18H24O6S/c1-18-7-6-13-12-3-2-11(19)8-10(12)9-15(20)17(13)14(18)4-5-16(18)24-25(21,22)23/h2-3,8,13-17,19-20H,4-7,9H2,1H3,(H,21,22,23)/t13-,14+,15-,16+,17-,18+/m1/s1. The maximum atomic E-state index is 11.2. The first-order valence-electron chi connectivity index (χ1n) is 8.84. The zero-order valence-electron chi connectivity index (χ0n) is 14.1. The van der Waals surface area contributed by atoms with Gasteiger partial charge in [-0.15, -0.1) is 0 Å². The highest BCUT2D eigenvalue weighted by molar-refractivity contribution is 7.80. The average Bonchev–Trinajstić information content (AvgIpc) is 2.82. The van der Waals surface area contributed by atoms with E-state index in [4.69, 9.17) is 8.74 Å². The average molecular weight is 368 g/mol. The third-order valence-corrected chi connectivity index (χ3v) is 7.36. The molecular formula is C18H24O6S. The highest BCUT2D eigenvalue weighted by Gasteiger charge is 2.58. The molecule has 0 unspecified atom stereocenters. The van der Waals surface area contributed by atoms with E-state index in [0.29, 0.717) is 12.8 Å². The van der Waals surface area contributed by atoms with Crippen molar-refractivity contribution < 1.29 is 27.4 Å². The summed E-state index contributed by atoms with van der Waals surface area (Å²) in [7, 11) is -4.48. The molecule has 1 aromatic carbocycles. The van der Waals surface area contributed by atoms with Crippen LogP contribution in [-0.2, 0) is 21.0 Å². The van der Waals surface area contributed by atoms with Crippen LogP contribution in [0.4, 0.5) is 0 Å². The molecule has 0 aliphatic heterocycles. The second kappa shape index (κ2) is 5.67. The molecule has 3 aliphatic rings. The number of aliphatic hydroxyl groups is 1. The minimum absolute atomic E-state index is 0.0470. The van der Waals surface area contributed by atoms with Crippen LogP contribution >= 0.6 is 0 Å². The fourth-order valence-corrected chi connectivity index (χ4v) is 6.45. The largest absolute Gasteiger partial charge is 0.508 e. The van der Waals surface area contributed by atoms with Gasteiger partial charge in [0.2, 0.25) is 0 Å². The van der Waals surface area contributed by atoms with Crippen molar-refractivity contribution in [3.8, 4) is 5.75 Å². The Hall–Kier alpha value is -1.15. The van der Waals surface area contributed by atoms with Gasteiger partial charge < -0.3 is 10.2 Å². The Morgan fingerprint density at radius 2 is 2.00 bits per heavy atom. The lowest BCUT2D eigenvalue weighted by molar-refractivity contribution is -0.0566. The highest BCUT2D eigenvalue weighted by Crippen LogP contribution is 2.61. The van der Waals surface area contributed by atoms with Crippen molar-refractivity contribution in [3.05, 3.63) is 29.3 Å². The molecule has 3 N–H and O–H groups in total. The lowest BCUT2D eigenvalue weighted by Gasteiger charge is -2.52. The summed E-state index contributed by atoms with van der Waals surface area (Å²) < 4.78 is 36.5. The van der Waals surface area contributed by atoms with E-state index < -0.39 is 22.6 Å². The van der Waals surface area contributed by atoms with Crippen LogP contribution in [0.1, 0.15) is 49.7 Å². The van der Waals surface area contributed by atoms with E-state index >= 15 is 0 Å². The van der Waals surface area contributed by atoms with Crippen molar-refractivity contribution in [1.29, 1.82) is 0 Å². The molecule has 3 aliphatic carbocycles. The number of hydrogen-bond acceptors (Lipinski definition) is 5. The van der Waals surface area contributed by atoms with Crippen molar-refractivity contribution in [2.24, 2.45) is 17.3 Å². The molecule has 0 bridgehead atoms. The molecule has 0 aromatic heterocycles. The van der Waals surface area contributed by atoms with Crippen LogP contribution < -0.4 is 0 Å². The zero-order valence-corrected chi connectivity index (χ0v) is 14.9. The number of rotatable bonds is 2. The van der Waals surface area contributed by atoms with Gasteiger partial charge in [0.25, 0.3) is 0 Å². The summed E-state index contributed by atoms with van der Waals surface area (Å²) in [5.41, 5.74) is 1.82. The van der Waals surface area contributed by atoms with Gasteiger partial charge in [-0.25, -0.2) is 4.18 Å². The van der Waals surface area contributed by atoms with Crippen LogP contribution in [0.2, 0.25) is 0 Å². The van der Waals surface area contributed by atoms with Gasteiger partial charge in [-0.2, -0.15) is 8.42 Å². The Kier molecular flexibility index (Phi) is 3.92. The number of aliphatic hydroxyl groups excluding tert-OH is 1. The number of phenols is 1. The number of hydrogen-bond donors (Lipinski definition) is 3. The topological polar surface area (TPSA) is 104 Å². The molecule has 0 amide bonds. The van der Waals surface area contributed by atoms with Crippen molar-refractivity contribution >= 4 is 10.4 Å². The minimum Gasteiger partial charge on any atom is -0.508 e. The van der Waals surface area contributed by atoms with E-state index in [2.05, 4.69) is 0 Å². The fraction of sp³-hybridized carbons (Fsp3) is 0.667. The summed E-state index contributed by atoms with van der Waals surface area (Å²) in [6.07, 6.45) is 2.41. The monoisotopic (exact) mass is 368 g/mol. The Labute approximate surface area is 147 Å². The van der Waals surface area contributed by atoms with Crippen LogP contribution in [0.5, 0.6) is 5.75 Å². The highest BCUT2D eigenvalue weighted by atomic mass is 32.3. The van der Waals surface area contributed by atoms with Gasteiger partial charge in [0.05, 0.1) is 12.2 Å². The van der Waals surface area contributed by atoms with Crippen LogP contribution in [0, 0.1) is 17.3 Å². The molecule has 7 heteroatoms. The van der Waals surface area contributed by atoms with Crippen LogP contribution in [-0.4, -0.2) is 35.4 Å². The number of fused-ring (bicyclic) bond motifs is 5. The summed E-state index contributed by atoms with van der Waals surface area (Å²) in [6, 6.07) is 5.39. The van der Waals surface area contributed by atoms with E-state index in [1.54, 1.807) is 12.1 Å². The van der Waals surface area contributed by atoms with Crippen molar-refractivity contribution in [2.75, 3.05) is 0 Å². The molecule has 138 valence electrons. The van der Waals surface area contributed by atoms with Crippen LogP contribution in [0.3, 0.4) is 0 Å². The molecule has 2 fully saturated rings. The number of aromatic hydroxyl groups is 1. The first kappa shape index (κ1) is 17.3. The molecule has 1 aromatic rings. The molecule has 25 heavy (non-hydrogen) atoms. The van der Waals surface area contributed by atoms with Gasteiger partial charge >= 0.3 is 10.4 Å². The molecule has 0 spiro atoms. The summed E-state index contributed by atoms with van der Waals surface area (Å²) in [4.78, 5) is 0. The van der Waals surface area contributed by atoms with Gasteiger partial charge in [-0.05, 0) is 78.5 Å². The summed E-state index contributed by atoms with van der Waals surface area (Å²) in [5.74, 6) is 0.621. The molecule has 0 saturated heterocycles. The maximum Gasteiger partial charge on any atom is 0.397 e. The molecule has 2 saturated carbocycles. The molecule has 4 rings (SSSR count). The zero-order chi connectivity index (χ0) is 18.0. The fourth-order valence-electron chi connectivity index (χ4n) is 5.84. The van der Waals surface area contributed by atoms with Gasteiger partial charge in [0, 0.05) is 0 Å². The van der Waals surface area contributed by atoms with E-state index in [1.165, 1.54) is 5.56 Å². The van der Waals surface area contributed by atoms with Crippen molar-refractivity contribution in [2.45, 2.75) is 57.2 Å². The van der Waals surface area contributed by atoms with Gasteiger partial charge in [0.15, 0.2) is 0 Å². The van der Waals surface area contributed by atoms with Crippen LogP contribution in [0.25, 0.3) is 0 Å². The predicted molar refractivity (Wildman–Crippen MR) is 90.5 cm³/mol. The molecule has 6 atom stereocenters. The third kappa shape index (κ3) is 2.77. The Morgan fingerprint density at radius 3 is 2.72 bits per heavy atom. The lowest BCUT2D eigenvalue weighted by Crippen LogP contribution is -2.49. The second-order valence-electron chi connectivity index (χ2n) is 8.08. The van der Waals surface area contributed by atoms with Crippen molar-refractivity contribution in [3.63, 3.8) is 0 Å². The summed E-state index contributed by atoms with van der Waals surface area (Å²) >= 11 is 0. The normalized spacial score (nSPS) is 40.2. The molecule has 6 nitrogen and oxygen atoms in total. The van der Waals surface area contributed by atoms with Crippen LogP contribution in [0.15, 0.2) is 18.2 Å². The summed E-state index contributed by atoms with van der Waals surface area (Å²) in [6.45, 7) is 2.02. The lowest BCUT2D eigenvalue weighted by atomic mass is 9.54. The minimum atomic E-state index is -4.48. The first-order chi connectivity index (χ1) is 11.7. The Morgan fingerprint density at radius 1 is 1.24 bits per heavy atom. The SMILES string of the molecule is C[C@]12CC[C@@H]3c4ccc(O)cc4C[C@@H](O)[C@H]3[C@@H]1CC[C@@H]2OS(=O)(=O)O. The third-order valence-electron chi connectivity index (χ3n) is 6.88. The second-order valence-corrected chi connectivity index (χ2v) is 9.13. The number of benzene rings is 1. The van der Waals surface area contributed by atoms with E-state index in [-0.39, 0.29) is 28.9 Å². The Bertz CT molecular complexity index is 791. The quantitative estimate of drug-likeness (QED) is 0.693. The molecular weight excluding hydrogens is 344 g/mol. The smallest absolute Gasteiger partial charge is 0.397 e. The Balaban J connectivity index is 1.68. The van der Waals surface area contributed by atoms with Gasteiger partial charge in [0.1, 0.15) is 5.75 Å². The molecule has 0 heterocycles. The summed E-state index contributed by atoms with van der Waals surface area (Å²) in [5, 5.41) is 20.6. The van der Waals surface area contributed by atoms with Gasteiger partial charge in [-0.3, -0.25) is 4.55 Å². The predicted octanol–water partition coefficient (Wildman–Crippen LogP) is 2.41.